The van der Waals surface area contributed by atoms with Gasteiger partial charge in [0.2, 0.25) is 6.79 Å². The van der Waals surface area contributed by atoms with Gasteiger partial charge in [0.25, 0.3) is 5.91 Å². The predicted molar refractivity (Wildman–Crippen MR) is 99.3 cm³/mol. The number of phenols is 1. The van der Waals surface area contributed by atoms with Gasteiger partial charge in [0.1, 0.15) is 5.75 Å². The zero-order chi connectivity index (χ0) is 18.5. The van der Waals surface area contributed by atoms with Gasteiger partial charge in [-0.05, 0) is 44.2 Å². The fourth-order valence-electron chi connectivity index (χ4n) is 2.69. The van der Waals surface area contributed by atoms with E-state index in [4.69, 9.17) is 9.47 Å². The lowest BCUT2D eigenvalue weighted by Crippen LogP contribution is -2.21. The minimum Gasteiger partial charge on any atom is -0.507 e. The van der Waals surface area contributed by atoms with Gasteiger partial charge < -0.3 is 19.5 Å². The summed E-state index contributed by atoms with van der Waals surface area (Å²) >= 11 is 0. The van der Waals surface area contributed by atoms with Gasteiger partial charge in [0.15, 0.2) is 11.5 Å². The highest BCUT2D eigenvalue weighted by Crippen LogP contribution is 2.32. The SMILES string of the molecule is CCN(CC)c1ccc(/C=N/NC(=O)c2ccc3c(c2)OCO3)c(O)c1. The zero-order valence-corrected chi connectivity index (χ0v) is 14.7. The van der Waals surface area contributed by atoms with Crippen LogP contribution in [-0.4, -0.2) is 37.1 Å². The fourth-order valence-corrected chi connectivity index (χ4v) is 2.69. The van der Waals surface area contributed by atoms with Crippen LogP contribution in [0.3, 0.4) is 0 Å². The van der Waals surface area contributed by atoms with Crippen LogP contribution in [0.1, 0.15) is 29.8 Å². The summed E-state index contributed by atoms with van der Waals surface area (Å²) in [5.74, 6) is 0.879. The molecule has 0 spiro atoms. The van der Waals surface area contributed by atoms with Gasteiger partial charge in [0, 0.05) is 36.0 Å². The summed E-state index contributed by atoms with van der Waals surface area (Å²) in [5.41, 5.74) is 4.31. The lowest BCUT2D eigenvalue weighted by Gasteiger charge is -2.21. The molecule has 2 N–H and O–H groups in total. The summed E-state index contributed by atoms with van der Waals surface area (Å²) in [7, 11) is 0. The van der Waals surface area contributed by atoms with Crippen LogP contribution in [0.25, 0.3) is 0 Å². The van der Waals surface area contributed by atoms with Crippen molar-refractivity contribution in [2.75, 3.05) is 24.8 Å². The fraction of sp³-hybridized carbons (Fsp3) is 0.263. The minimum absolute atomic E-state index is 0.107. The molecule has 0 unspecified atom stereocenters. The van der Waals surface area contributed by atoms with E-state index in [2.05, 4.69) is 29.3 Å². The molecule has 7 nitrogen and oxygen atoms in total. The Morgan fingerprint density at radius 3 is 2.69 bits per heavy atom. The number of carbonyl (C=O) groups is 1. The third-order valence-corrected chi connectivity index (χ3v) is 4.15. The monoisotopic (exact) mass is 355 g/mol. The summed E-state index contributed by atoms with van der Waals surface area (Å²) < 4.78 is 10.5. The van der Waals surface area contributed by atoms with Crippen LogP contribution in [0, 0.1) is 0 Å². The summed E-state index contributed by atoms with van der Waals surface area (Å²) in [4.78, 5) is 14.3. The maximum Gasteiger partial charge on any atom is 0.271 e. The molecule has 0 fully saturated rings. The lowest BCUT2D eigenvalue weighted by atomic mass is 10.2. The second kappa shape index (κ2) is 7.77. The van der Waals surface area contributed by atoms with E-state index < -0.39 is 0 Å². The third-order valence-electron chi connectivity index (χ3n) is 4.15. The molecule has 3 rings (SSSR count). The lowest BCUT2D eigenvalue weighted by molar-refractivity contribution is 0.0954. The van der Waals surface area contributed by atoms with Gasteiger partial charge in [-0.2, -0.15) is 5.10 Å². The maximum absolute atomic E-state index is 12.2. The maximum atomic E-state index is 12.2. The summed E-state index contributed by atoms with van der Waals surface area (Å²) in [6, 6.07) is 10.3. The molecule has 0 bridgehead atoms. The third kappa shape index (κ3) is 3.72. The number of ether oxygens (including phenoxy) is 2. The Labute approximate surface area is 151 Å². The predicted octanol–water partition coefficient (Wildman–Crippen LogP) is 2.73. The number of hydrazone groups is 1. The quantitative estimate of drug-likeness (QED) is 0.615. The number of carbonyl (C=O) groups excluding carboxylic acids is 1. The van der Waals surface area contributed by atoms with Crippen molar-refractivity contribution in [2.24, 2.45) is 5.10 Å². The number of phenolic OH excluding ortho intramolecular Hbond substituents is 1. The summed E-state index contributed by atoms with van der Waals surface area (Å²) in [6.07, 6.45) is 1.41. The van der Waals surface area contributed by atoms with Gasteiger partial charge in [-0.1, -0.05) is 0 Å². The average Bonchev–Trinajstić information content (AvgIpc) is 3.12. The standard InChI is InChI=1S/C19H21N3O4/c1-3-22(4-2)15-7-5-14(16(23)10-15)11-20-21-19(24)13-6-8-17-18(9-13)26-12-25-17/h5-11,23H,3-4,12H2,1-2H3,(H,21,24)/b20-11+. The van der Waals surface area contributed by atoms with E-state index in [1.807, 2.05) is 6.07 Å². The molecule has 7 heteroatoms. The van der Waals surface area contributed by atoms with E-state index in [0.29, 0.717) is 22.6 Å². The number of nitrogens with zero attached hydrogens (tertiary/aromatic N) is 2. The molecule has 0 radical (unpaired) electrons. The van der Waals surface area contributed by atoms with Crippen molar-refractivity contribution in [2.45, 2.75) is 13.8 Å². The average molecular weight is 355 g/mol. The topological polar surface area (TPSA) is 83.4 Å². The van der Waals surface area contributed by atoms with E-state index in [1.165, 1.54) is 6.21 Å². The largest absolute Gasteiger partial charge is 0.507 e. The molecule has 2 aromatic rings. The molecule has 0 saturated heterocycles. The number of benzene rings is 2. The molecule has 26 heavy (non-hydrogen) atoms. The second-order valence-corrected chi connectivity index (χ2v) is 5.68. The summed E-state index contributed by atoms with van der Waals surface area (Å²) in [6.45, 7) is 5.98. The number of nitrogens with one attached hydrogen (secondary N) is 1. The van der Waals surface area contributed by atoms with Gasteiger partial charge in [-0.25, -0.2) is 5.43 Å². The van der Waals surface area contributed by atoms with E-state index in [-0.39, 0.29) is 18.4 Å². The molecule has 1 aliphatic heterocycles. The molecule has 1 heterocycles. The Hall–Kier alpha value is -3.22. The number of hydrogen-bond acceptors (Lipinski definition) is 6. The highest BCUT2D eigenvalue weighted by Gasteiger charge is 2.15. The zero-order valence-electron chi connectivity index (χ0n) is 14.7. The number of rotatable bonds is 6. The highest BCUT2D eigenvalue weighted by atomic mass is 16.7. The Balaban J connectivity index is 1.65. The Bertz CT molecular complexity index is 832. The molecular formula is C19H21N3O4. The Kier molecular flexibility index (Phi) is 5.26. The molecule has 0 aliphatic carbocycles. The van der Waals surface area contributed by atoms with E-state index in [1.54, 1.807) is 30.3 Å². The van der Waals surface area contributed by atoms with Crippen LogP contribution in [-0.2, 0) is 0 Å². The van der Waals surface area contributed by atoms with Gasteiger partial charge in [-0.3, -0.25) is 4.79 Å². The minimum atomic E-state index is -0.376. The van der Waals surface area contributed by atoms with Crippen molar-refractivity contribution in [3.8, 4) is 17.2 Å². The van der Waals surface area contributed by atoms with E-state index >= 15 is 0 Å². The van der Waals surface area contributed by atoms with Gasteiger partial charge >= 0.3 is 0 Å². The normalized spacial score (nSPS) is 12.4. The molecule has 0 aromatic heterocycles. The molecule has 136 valence electrons. The first-order valence-corrected chi connectivity index (χ1v) is 8.43. The number of aromatic hydroxyl groups is 1. The van der Waals surface area contributed by atoms with Crippen molar-refractivity contribution in [1.29, 1.82) is 0 Å². The van der Waals surface area contributed by atoms with Gasteiger partial charge in [0.05, 0.1) is 6.21 Å². The summed E-state index contributed by atoms with van der Waals surface area (Å²) in [5, 5.41) is 14.1. The first-order chi connectivity index (χ1) is 12.6. The van der Waals surface area contributed by atoms with Gasteiger partial charge in [-0.15, -0.1) is 0 Å². The van der Waals surface area contributed by atoms with E-state index in [9.17, 15) is 9.90 Å². The molecule has 2 aromatic carbocycles. The number of amides is 1. The second-order valence-electron chi connectivity index (χ2n) is 5.68. The number of hydrogen-bond donors (Lipinski definition) is 2. The van der Waals surface area contributed by atoms with Crippen LogP contribution in [0.4, 0.5) is 5.69 Å². The number of anilines is 1. The van der Waals surface area contributed by atoms with Crippen LogP contribution >= 0.6 is 0 Å². The molecule has 0 saturated carbocycles. The van der Waals surface area contributed by atoms with Crippen molar-refractivity contribution in [3.05, 3.63) is 47.5 Å². The van der Waals surface area contributed by atoms with E-state index in [0.717, 1.165) is 18.8 Å². The molecule has 1 amide bonds. The molecule has 0 atom stereocenters. The van der Waals surface area contributed by atoms with Crippen molar-refractivity contribution < 1.29 is 19.4 Å². The Morgan fingerprint density at radius 2 is 1.96 bits per heavy atom. The van der Waals surface area contributed by atoms with Crippen LogP contribution in [0.2, 0.25) is 0 Å². The molecular weight excluding hydrogens is 334 g/mol. The van der Waals surface area contributed by atoms with Crippen LogP contribution < -0.4 is 19.8 Å². The van der Waals surface area contributed by atoms with Crippen molar-refractivity contribution in [1.82, 2.24) is 5.43 Å². The highest BCUT2D eigenvalue weighted by molar-refractivity contribution is 5.95. The first-order valence-electron chi connectivity index (χ1n) is 8.43. The first kappa shape index (κ1) is 17.6. The van der Waals surface area contributed by atoms with Crippen molar-refractivity contribution >= 4 is 17.8 Å². The smallest absolute Gasteiger partial charge is 0.271 e. The molecule has 1 aliphatic rings. The number of fused-ring (bicyclic) bond motifs is 1. The van der Waals surface area contributed by atoms with Crippen LogP contribution in [0.5, 0.6) is 17.2 Å². The van der Waals surface area contributed by atoms with Crippen LogP contribution in [0.15, 0.2) is 41.5 Å². The Morgan fingerprint density at radius 1 is 1.19 bits per heavy atom. The van der Waals surface area contributed by atoms with Crippen molar-refractivity contribution in [3.63, 3.8) is 0 Å².